The van der Waals surface area contributed by atoms with Crippen LogP contribution in [0.4, 0.5) is 0 Å². The second-order valence-electron chi connectivity index (χ2n) is 1.89. The van der Waals surface area contributed by atoms with Crippen LogP contribution in [0, 0.1) is 72.0 Å². The summed E-state index contributed by atoms with van der Waals surface area (Å²) in [6.07, 6.45) is 0. The van der Waals surface area contributed by atoms with Crippen molar-refractivity contribution in [2.45, 2.75) is 0 Å². The summed E-state index contributed by atoms with van der Waals surface area (Å²) in [4.78, 5) is 6.19. The van der Waals surface area contributed by atoms with Crippen molar-refractivity contribution in [3.63, 3.8) is 0 Å². The fourth-order valence-electron chi connectivity index (χ4n) is 0.265. The van der Waals surface area contributed by atoms with Crippen molar-refractivity contribution in [2.24, 2.45) is 0 Å². The van der Waals surface area contributed by atoms with Crippen molar-refractivity contribution < 1.29 is 123 Å². The zero-order valence-electron chi connectivity index (χ0n) is 8.90. The summed E-state index contributed by atoms with van der Waals surface area (Å²) >= 11 is 3.70. The van der Waals surface area contributed by atoms with Crippen molar-refractivity contribution in [1.82, 2.24) is 0 Å². The molecule has 0 atom stereocenters. The van der Waals surface area contributed by atoms with Gasteiger partial charge < -0.3 is 12.6 Å². The van der Waals surface area contributed by atoms with Crippen LogP contribution in [-0.2, 0) is 135 Å². The van der Waals surface area contributed by atoms with Gasteiger partial charge in [0.1, 0.15) is 0 Å². The standard InChI is InChI=1S/CHNS.6CN.5Ag.Fe/c2-1-3;6*1-2;;;;;;/h3H;;;;;;;;;;;;/q;;;;;;;5*+1;-4/p-1. The summed E-state index contributed by atoms with van der Waals surface area (Å²) in [5, 5.41) is 59.9. The zero-order valence-corrected chi connectivity index (χ0v) is 18.2. The molecule has 0 aromatic rings. The maximum Gasteiger partial charge on any atom is 1.00 e. The number of nitriles is 7. The molecule has 0 aliphatic heterocycles. The van der Waals surface area contributed by atoms with Crippen molar-refractivity contribution in [1.29, 1.82) is 36.8 Å². The van der Waals surface area contributed by atoms with Crippen molar-refractivity contribution in [3.8, 4) is 35.2 Å². The Morgan fingerprint density at radius 3 is 0.571 bits per heavy atom. The van der Waals surface area contributed by atoms with Crippen molar-refractivity contribution in [3.05, 3.63) is 0 Å². The first-order valence-corrected chi connectivity index (χ1v) is 6.55. The summed E-state index contributed by atoms with van der Waals surface area (Å²) in [5.74, 6) is 0. The molecule has 0 aromatic heterocycles. The van der Waals surface area contributed by atoms with E-state index in [0.717, 1.165) is 29.8 Å². The Morgan fingerprint density at radius 1 is 0.476 bits per heavy atom. The topological polar surface area (TPSA) is 167 Å². The van der Waals surface area contributed by atoms with E-state index >= 15 is 0 Å². The first-order valence-electron chi connectivity index (χ1n) is 2.83. The van der Waals surface area contributed by atoms with Gasteiger partial charge in [-0.05, 0) is 0 Å². The summed E-state index contributed by atoms with van der Waals surface area (Å²) in [6, 6.07) is 0. The number of nitrogens with zero attached hydrogens (tertiary/aromatic N) is 7. The van der Waals surface area contributed by atoms with Crippen molar-refractivity contribution in [2.75, 3.05) is 0 Å². The molecule has 0 rings (SSSR count). The Morgan fingerprint density at radius 2 is 0.571 bits per heavy atom. The molecule has 132 valence electrons. The number of rotatable bonds is 0. The van der Waals surface area contributed by atoms with Gasteiger partial charge in [-0.1, -0.05) is 5.40 Å². The average molecular weight is 809 g/mol. The molecule has 0 saturated carbocycles. The molecule has 0 unspecified atom stereocenters. The number of hydrogen-bond acceptors (Lipinski definition) is 8. The van der Waals surface area contributed by atoms with Gasteiger partial charge in [-0.25, -0.2) is 5.26 Å². The Hall–Kier alpha value is 0.871. The maximum absolute atomic E-state index is 8.58. The SMILES string of the molecule is N#C[S-].N#[C][Fe-4]([C]#N)([C]#N)([C]#N)([C]#N)[C]#N.[Ag+].[Ag+].[Ag+].[Ag+].[Ag+]. The molecule has 0 bridgehead atoms. The Balaban J connectivity index is -0.0000000451. The molecule has 0 heterocycles. The molecular formula is C7Ag5FeN7S. The normalized spacial score (nSPS) is 8.62. The quantitative estimate of drug-likeness (QED) is 0.189. The van der Waals surface area contributed by atoms with Gasteiger partial charge in [-0.15, -0.1) is 0 Å². The molecule has 0 aliphatic carbocycles. The Labute approximate surface area is 204 Å². The van der Waals surface area contributed by atoms with Crippen LogP contribution in [0.15, 0.2) is 0 Å². The Kier molecular flexibility index (Phi) is 32.3. The first kappa shape index (κ1) is 43.1. The van der Waals surface area contributed by atoms with E-state index in [0.29, 0.717) is 0 Å². The van der Waals surface area contributed by atoms with Crippen LogP contribution in [0.3, 0.4) is 0 Å². The van der Waals surface area contributed by atoms with Gasteiger partial charge in [-0.2, -0.15) is 0 Å². The molecule has 7 nitrogen and oxygen atoms in total. The van der Waals surface area contributed by atoms with Gasteiger partial charge in [0.2, 0.25) is 0 Å². The van der Waals surface area contributed by atoms with Crippen LogP contribution >= 0.6 is 0 Å². The predicted octanol–water partition coefficient (Wildman–Crippen LogP) is 0.100. The minimum absolute atomic E-state index is 0. The average Bonchev–Trinajstić information content (AvgIpc) is 2.37. The second kappa shape index (κ2) is 15.8. The van der Waals surface area contributed by atoms with Gasteiger partial charge in [0.15, 0.2) is 0 Å². The van der Waals surface area contributed by atoms with Crippen LogP contribution in [0.2, 0.25) is 0 Å². The van der Waals surface area contributed by atoms with Gasteiger partial charge in [0, 0.05) is 0 Å². The van der Waals surface area contributed by atoms with Gasteiger partial charge in [0.05, 0.1) is 0 Å². The van der Waals surface area contributed by atoms with Gasteiger partial charge in [0.25, 0.3) is 0 Å². The molecule has 14 heteroatoms. The molecule has 0 N–H and O–H groups in total. The number of thiocyanates is 1. The van der Waals surface area contributed by atoms with E-state index < -0.39 is 10.7 Å². The molecule has 0 radical (unpaired) electrons. The van der Waals surface area contributed by atoms with E-state index in [-0.39, 0.29) is 112 Å². The van der Waals surface area contributed by atoms with E-state index in [2.05, 4.69) is 12.6 Å². The van der Waals surface area contributed by atoms with Crippen LogP contribution in [0.1, 0.15) is 0 Å². The molecule has 0 saturated heterocycles. The molecular weight excluding hydrogens is 809 g/mol. The fourth-order valence-corrected chi connectivity index (χ4v) is 1.09. The molecule has 0 aliphatic rings. The molecule has 0 fully saturated rings. The van der Waals surface area contributed by atoms with Crippen LogP contribution in [0.5, 0.6) is 0 Å². The summed E-state index contributed by atoms with van der Waals surface area (Å²) < 4.78 is 0. The Bertz CT molecular complexity index is 488. The molecule has 0 aromatic carbocycles. The first-order chi connectivity index (χ1) is 7.39. The second-order valence-corrected chi connectivity index (χ2v) is 7.70. The van der Waals surface area contributed by atoms with E-state index in [1.807, 2.05) is 0 Å². The zero-order chi connectivity index (χ0) is 13.4. The number of hydrogen-bond donors (Lipinski definition) is 0. The van der Waals surface area contributed by atoms with E-state index in [1.165, 1.54) is 5.40 Å². The summed E-state index contributed by atoms with van der Waals surface area (Å²) in [6.45, 7) is 0. The smallest absolute Gasteiger partial charge is 1.00 e. The monoisotopic (exact) mass is 804 g/mol. The molecule has 0 amide bonds. The van der Waals surface area contributed by atoms with Crippen LogP contribution < -0.4 is 0 Å². The van der Waals surface area contributed by atoms with Gasteiger partial charge in [-0.3, -0.25) is 0 Å². The summed E-state index contributed by atoms with van der Waals surface area (Å²) in [5.41, 5.74) is 0. The largest absolute Gasteiger partial charge is 1.00 e. The fraction of sp³-hybridized carbons (Fsp3) is 0. The maximum atomic E-state index is 8.58. The van der Waals surface area contributed by atoms with Crippen LogP contribution in [-0.4, -0.2) is 0 Å². The van der Waals surface area contributed by atoms with E-state index in [4.69, 9.17) is 36.8 Å². The van der Waals surface area contributed by atoms with Crippen molar-refractivity contribution >= 4 is 12.6 Å². The molecule has 21 heavy (non-hydrogen) atoms. The minimum atomic E-state index is -6.17. The third kappa shape index (κ3) is 7.80. The predicted molar refractivity (Wildman–Crippen MR) is 46.7 cm³/mol. The van der Waals surface area contributed by atoms with E-state index in [1.54, 1.807) is 0 Å². The van der Waals surface area contributed by atoms with Crippen LogP contribution in [0.25, 0.3) is 0 Å². The third-order valence-electron chi connectivity index (χ3n) is 1.19. The van der Waals surface area contributed by atoms with E-state index in [9.17, 15) is 0 Å². The molecule has 0 spiro atoms. The van der Waals surface area contributed by atoms with Gasteiger partial charge >= 0.3 is 184 Å². The minimum Gasteiger partial charge on any atom is 1.00 e. The summed E-state index contributed by atoms with van der Waals surface area (Å²) in [7, 11) is -6.17. The third-order valence-corrected chi connectivity index (χ3v) is 4.89.